The lowest BCUT2D eigenvalue weighted by Crippen LogP contribution is -2.54. The summed E-state index contributed by atoms with van der Waals surface area (Å²) in [5, 5.41) is 3.46. The normalized spacial score (nSPS) is 14.8. The van der Waals surface area contributed by atoms with Crippen LogP contribution in [-0.2, 0) is 16.2 Å². The van der Waals surface area contributed by atoms with Crippen LogP contribution in [-0.4, -0.2) is 24.0 Å². The molecule has 3 aromatic carbocycles. The van der Waals surface area contributed by atoms with Gasteiger partial charge in [-0.25, -0.2) is 0 Å². The van der Waals surface area contributed by atoms with Gasteiger partial charge in [0.2, 0.25) is 0 Å². The van der Waals surface area contributed by atoms with E-state index in [4.69, 9.17) is 56.5 Å². The minimum atomic E-state index is -0.634. The second-order valence-electron chi connectivity index (χ2n) is 7.36. The number of ether oxygens (including phenoxy) is 2. The summed E-state index contributed by atoms with van der Waals surface area (Å²) in [6, 6.07) is 17.2. The minimum Gasteiger partial charge on any atom is -0.493 e. The van der Waals surface area contributed by atoms with Gasteiger partial charge in [-0.3, -0.25) is 19.8 Å². The number of carbonyl (C=O) groups is 2. The van der Waals surface area contributed by atoms with E-state index in [9.17, 15) is 9.59 Å². The van der Waals surface area contributed by atoms with E-state index in [0.717, 1.165) is 10.5 Å². The fourth-order valence-corrected chi connectivity index (χ4v) is 4.12. The first-order chi connectivity index (χ1) is 16.8. The molecule has 1 aliphatic rings. The maximum atomic E-state index is 13.3. The van der Waals surface area contributed by atoms with Gasteiger partial charge in [-0.2, -0.15) is 0 Å². The molecule has 178 valence electrons. The third kappa shape index (κ3) is 5.44. The van der Waals surface area contributed by atoms with Crippen molar-refractivity contribution in [3.05, 3.63) is 92.4 Å². The number of halogens is 3. The Labute approximate surface area is 222 Å². The molecular weight excluding hydrogens is 531 g/mol. The average molecular weight is 548 g/mol. The van der Waals surface area contributed by atoms with Gasteiger partial charge in [0.1, 0.15) is 12.2 Å². The van der Waals surface area contributed by atoms with Crippen molar-refractivity contribution in [2.75, 3.05) is 12.0 Å². The van der Waals surface area contributed by atoms with Crippen molar-refractivity contribution in [3.63, 3.8) is 0 Å². The maximum absolute atomic E-state index is 13.3. The lowest BCUT2D eigenvalue weighted by molar-refractivity contribution is -0.122. The monoisotopic (exact) mass is 546 g/mol. The molecular formula is C25H17Cl3N2O4S. The van der Waals surface area contributed by atoms with Crippen molar-refractivity contribution in [1.29, 1.82) is 0 Å². The largest absolute Gasteiger partial charge is 0.493 e. The quantitative estimate of drug-likeness (QED) is 0.231. The molecule has 2 amide bonds. The molecule has 0 unspecified atom stereocenters. The topological polar surface area (TPSA) is 67.9 Å². The van der Waals surface area contributed by atoms with E-state index in [-0.39, 0.29) is 26.4 Å². The molecule has 0 atom stereocenters. The third-order valence-electron chi connectivity index (χ3n) is 5.08. The van der Waals surface area contributed by atoms with Crippen LogP contribution >= 0.6 is 47.0 Å². The molecule has 1 aliphatic heterocycles. The number of nitrogens with zero attached hydrogens (tertiary/aromatic N) is 1. The van der Waals surface area contributed by atoms with E-state index in [2.05, 4.69) is 5.32 Å². The van der Waals surface area contributed by atoms with E-state index in [0.29, 0.717) is 28.7 Å². The summed E-state index contributed by atoms with van der Waals surface area (Å²) in [4.78, 5) is 27.0. The van der Waals surface area contributed by atoms with Crippen LogP contribution in [0.3, 0.4) is 0 Å². The molecule has 0 aliphatic carbocycles. The van der Waals surface area contributed by atoms with Crippen LogP contribution in [0.15, 0.2) is 66.2 Å². The Morgan fingerprint density at radius 3 is 2.46 bits per heavy atom. The van der Waals surface area contributed by atoms with Gasteiger partial charge in [0.05, 0.1) is 22.8 Å². The molecule has 0 bridgehead atoms. The number of carbonyl (C=O) groups excluding carboxylic acids is 2. The zero-order chi connectivity index (χ0) is 25.1. The van der Waals surface area contributed by atoms with Crippen molar-refractivity contribution in [1.82, 2.24) is 5.32 Å². The summed E-state index contributed by atoms with van der Waals surface area (Å²) in [5.74, 6) is -0.332. The Morgan fingerprint density at radius 2 is 1.74 bits per heavy atom. The molecule has 1 heterocycles. The Balaban J connectivity index is 1.61. The lowest BCUT2D eigenvalue weighted by Gasteiger charge is -2.29. The standard InChI is InChI=1S/C25H17Cl3N2O4S/c1-33-21-12-15(7-10-20(21)34-13-14-5-8-16(26)9-6-14)11-17-23(31)29-25(35)30(24(17)32)19-4-2-3-18(27)22(19)28/h2-12H,13H2,1H3,(H,29,31,35)/b17-11+. The molecule has 1 N–H and O–H groups in total. The van der Waals surface area contributed by atoms with E-state index >= 15 is 0 Å². The summed E-state index contributed by atoms with van der Waals surface area (Å²) in [5.41, 5.74) is 1.61. The Kier molecular flexibility index (Phi) is 7.62. The van der Waals surface area contributed by atoms with Gasteiger partial charge in [0.15, 0.2) is 16.6 Å². The Hall–Kier alpha value is -3.10. The number of benzene rings is 3. The third-order valence-corrected chi connectivity index (χ3v) is 6.43. The van der Waals surface area contributed by atoms with Gasteiger partial charge in [0.25, 0.3) is 11.8 Å². The molecule has 3 aromatic rings. The van der Waals surface area contributed by atoms with Crippen LogP contribution in [0.2, 0.25) is 15.1 Å². The Morgan fingerprint density at radius 1 is 1.00 bits per heavy atom. The molecule has 4 rings (SSSR count). The van der Waals surface area contributed by atoms with Crippen molar-refractivity contribution in [2.24, 2.45) is 0 Å². The Bertz CT molecular complexity index is 1360. The molecule has 0 saturated carbocycles. The molecule has 0 spiro atoms. The van der Waals surface area contributed by atoms with Crippen LogP contribution in [0.25, 0.3) is 6.08 Å². The fraction of sp³-hybridized carbons (Fsp3) is 0.0800. The van der Waals surface area contributed by atoms with Gasteiger partial charge < -0.3 is 9.47 Å². The summed E-state index contributed by atoms with van der Waals surface area (Å²) < 4.78 is 11.3. The summed E-state index contributed by atoms with van der Waals surface area (Å²) in [7, 11) is 1.50. The van der Waals surface area contributed by atoms with Crippen LogP contribution in [0.5, 0.6) is 11.5 Å². The highest BCUT2D eigenvalue weighted by Gasteiger charge is 2.35. The van der Waals surface area contributed by atoms with Gasteiger partial charge in [-0.1, -0.05) is 59.1 Å². The first kappa shape index (κ1) is 25.0. The molecule has 35 heavy (non-hydrogen) atoms. The zero-order valence-corrected chi connectivity index (χ0v) is 21.3. The summed E-state index contributed by atoms with van der Waals surface area (Å²) in [6.07, 6.45) is 1.44. The first-order valence-corrected chi connectivity index (χ1v) is 11.7. The molecule has 0 aromatic heterocycles. The predicted molar refractivity (Wildman–Crippen MR) is 141 cm³/mol. The average Bonchev–Trinajstić information content (AvgIpc) is 2.84. The fourth-order valence-electron chi connectivity index (χ4n) is 3.34. The number of amides is 2. The molecule has 1 saturated heterocycles. The van der Waals surface area contributed by atoms with Crippen LogP contribution in [0, 0.1) is 0 Å². The number of rotatable bonds is 6. The molecule has 6 nitrogen and oxygen atoms in total. The SMILES string of the molecule is COc1cc(/C=C2\C(=O)NC(=S)N(c3cccc(Cl)c3Cl)C2=O)ccc1OCc1ccc(Cl)cc1. The van der Waals surface area contributed by atoms with Crippen LogP contribution < -0.4 is 19.7 Å². The van der Waals surface area contributed by atoms with Gasteiger partial charge in [-0.15, -0.1) is 0 Å². The first-order valence-electron chi connectivity index (χ1n) is 10.2. The molecule has 0 radical (unpaired) electrons. The second kappa shape index (κ2) is 10.7. The zero-order valence-electron chi connectivity index (χ0n) is 18.2. The smallest absolute Gasteiger partial charge is 0.270 e. The van der Waals surface area contributed by atoms with E-state index < -0.39 is 11.8 Å². The van der Waals surface area contributed by atoms with Crippen molar-refractivity contribution in [2.45, 2.75) is 6.61 Å². The van der Waals surface area contributed by atoms with E-state index in [1.54, 1.807) is 48.5 Å². The predicted octanol–water partition coefficient (Wildman–Crippen LogP) is 6.07. The lowest BCUT2D eigenvalue weighted by atomic mass is 10.1. The highest BCUT2D eigenvalue weighted by molar-refractivity contribution is 7.80. The molecule has 1 fully saturated rings. The van der Waals surface area contributed by atoms with Gasteiger partial charge in [-0.05, 0) is 65.8 Å². The van der Waals surface area contributed by atoms with Gasteiger partial charge in [0, 0.05) is 5.02 Å². The number of hydrogen-bond donors (Lipinski definition) is 1. The highest BCUT2D eigenvalue weighted by atomic mass is 35.5. The van der Waals surface area contributed by atoms with Crippen LogP contribution in [0.1, 0.15) is 11.1 Å². The molecule has 10 heteroatoms. The van der Waals surface area contributed by atoms with Gasteiger partial charge >= 0.3 is 0 Å². The van der Waals surface area contributed by atoms with Crippen molar-refractivity contribution < 1.29 is 19.1 Å². The van der Waals surface area contributed by atoms with E-state index in [1.807, 2.05) is 12.1 Å². The second-order valence-corrected chi connectivity index (χ2v) is 8.96. The van der Waals surface area contributed by atoms with Crippen molar-refractivity contribution in [3.8, 4) is 11.5 Å². The maximum Gasteiger partial charge on any atom is 0.270 e. The van der Waals surface area contributed by atoms with Crippen molar-refractivity contribution >= 4 is 75.7 Å². The number of nitrogens with one attached hydrogen (secondary N) is 1. The number of anilines is 1. The number of thiocarbonyl (C=S) groups is 1. The summed E-state index contributed by atoms with van der Waals surface area (Å²) >= 11 is 23.5. The number of methoxy groups -OCH3 is 1. The highest BCUT2D eigenvalue weighted by Crippen LogP contribution is 2.35. The van der Waals surface area contributed by atoms with E-state index in [1.165, 1.54) is 13.2 Å². The summed E-state index contributed by atoms with van der Waals surface area (Å²) in [6.45, 7) is 0.307. The van der Waals surface area contributed by atoms with Crippen LogP contribution in [0.4, 0.5) is 5.69 Å². The minimum absolute atomic E-state index is 0.0927. The number of hydrogen-bond acceptors (Lipinski definition) is 5.